The molecule has 0 aliphatic heterocycles. The van der Waals surface area contributed by atoms with E-state index in [0.29, 0.717) is 9.47 Å². The number of nitrogens with zero attached hydrogens (tertiary/aromatic N) is 3. The number of nitriles is 1. The molecule has 1 heterocycles. The van der Waals surface area contributed by atoms with Crippen molar-refractivity contribution in [3.05, 3.63) is 0 Å². The standard InChI is InChI=1S/C10H13N5OS2/c1-10(5-11,6-2-3-6)13-7(16)4-17-9-15-14-8(12)18-9/h6H,2-4H2,1H3,(H2,12,14)(H,13,16). The molecule has 1 saturated carbocycles. The Kier molecular flexibility index (Phi) is 3.73. The van der Waals surface area contributed by atoms with Gasteiger partial charge in [0.2, 0.25) is 11.0 Å². The van der Waals surface area contributed by atoms with Gasteiger partial charge in [-0.1, -0.05) is 23.1 Å². The van der Waals surface area contributed by atoms with Crippen LogP contribution in [-0.4, -0.2) is 27.4 Å². The van der Waals surface area contributed by atoms with Crippen molar-refractivity contribution in [2.75, 3.05) is 11.5 Å². The molecule has 1 aromatic heterocycles. The Morgan fingerprint density at radius 2 is 2.44 bits per heavy atom. The second-order valence-corrected chi connectivity index (χ2v) is 6.56. The summed E-state index contributed by atoms with van der Waals surface area (Å²) in [5.41, 5.74) is 4.71. The number of hydrogen-bond acceptors (Lipinski definition) is 7. The van der Waals surface area contributed by atoms with Crippen LogP contribution in [0.25, 0.3) is 0 Å². The largest absolute Gasteiger partial charge is 0.374 e. The van der Waals surface area contributed by atoms with Crippen molar-refractivity contribution in [1.82, 2.24) is 15.5 Å². The Labute approximate surface area is 113 Å². The summed E-state index contributed by atoms with van der Waals surface area (Å²) in [5.74, 6) is 0.344. The molecule has 96 valence electrons. The number of carbonyl (C=O) groups excluding carboxylic acids is 1. The Balaban J connectivity index is 1.83. The molecule has 1 unspecified atom stereocenters. The van der Waals surface area contributed by atoms with Crippen LogP contribution in [0, 0.1) is 17.2 Å². The summed E-state index contributed by atoms with van der Waals surface area (Å²) in [5, 5.41) is 19.8. The van der Waals surface area contributed by atoms with Crippen LogP contribution in [0.4, 0.5) is 5.13 Å². The number of amides is 1. The molecule has 3 N–H and O–H groups in total. The lowest BCUT2D eigenvalue weighted by Gasteiger charge is -2.22. The number of rotatable bonds is 5. The predicted octanol–water partition coefficient (Wildman–Crippen LogP) is 1.02. The highest BCUT2D eigenvalue weighted by molar-refractivity contribution is 8.01. The molecule has 0 spiro atoms. The van der Waals surface area contributed by atoms with Gasteiger partial charge in [0.15, 0.2) is 4.34 Å². The summed E-state index contributed by atoms with van der Waals surface area (Å²) < 4.78 is 0.660. The van der Waals surface area contributed by atoms with Crippen LogP contribution >= 0.6 is 23.1 Å². The third-order valence-corrected chi connectivity index (χ3v) is 4.66. The van der Waals surface area contributed by atoms with E-state index in [1.54, 1.807) is 6.92 Å². The second-order valence-electron chi connectivity index (χ2n) is 4.33. The number of aromatic nitrogens is 2. The van der Waals surface area contributed by atoms with E-state index in [9.17, 15) is 4.79 Å². The summed E-state index contributed by atoms with van der Waals surface area (Å²) in [6.45, 7) is 1.77. The summed E-state index contributed by atoms with van der Waals surface area (Å²) in [6.07, 6.45) is 2.01. The molecule has 1 atom stereocenters. The van der Waals surface area contributed by atoms with Gasteiger partial charge in [-0.15, -0.1) is 10.2 Å². The first-order chi connectivity index (χ1) is 8.53. The molecule has 1 aromatic rings. The number of nitrogens with two attached hydrogens (primary N) is 1. The van der Waals surface area contributed by atoms with Crippen molar-refractivity contribution in [2.45, 2.75) is 29.6 Å². The third kappa shape index (κ3) is 3.11. The third-order valence-electron chi connectivity index (χ3n) is 2.77. The number of anilines is 1. The monoisotopic (exact) mass is 283 g/mol. The SMILES string of the molecule is CC(C#N)(NC(=O)CSc1nnc(N)s1)C1CC1. The lowest BCUT2D eigenvalue weighted by Crippen LogP contribution is -2.47. The van der Waals surface area contributed by atoms with Crippen molar-refractivity contribution >= 4 is 34.1 Å². The van der Waals surface area contributed by atoms with Crippen LogP contribution in [0.1, 0.15) is 19.8 Å². The zero-order valence-corrected chi connectivity index (χ0v) is 11.5. The topological polar surface area (TPSA) is 105 Å². The molecule has 0 bridgehead atoms. The molecule has 18 heavy (non-hydrogen) atoms. The Bertz CT molecular complexity index is 493. The quantitative estimate of drug-likeness (QED) is 0.782. The van der Waals surface area contributed by atoms with Crippen molar-refractivity contribution in [2.24, 2.45) is 5.92 Å². The summed E-state index contributed by atoms with van der Waals surface area (Å²) in [6, 6.07) is 2.19. The summed E-state index contributed by atoms with van der Waals surface area (Å²) in [7, 11) is 0. The molecule has 8 heteroatoms. The maximum atomic E-state index is 11.8. The summed E-state index contributed by atoms with van der Waals surface area (Å²) in [4.78, 5) is 11.8. The average Bonchev–Trinajstić information content (AvgIpc) is 3.11. The fourth-order valence-corrected chi connectivity index (χ4v) is 3.05. The van der Waals surface area contributed by atoms with Crippen molar-refractivity contribution in [3.63, 3.8) is 0 Å². The first-order valence-corrected chi connectivity index (χ1v) is 7.28. The molecule has 2 rings (SSSR count). The smallest absolute Gasteiger partial charge is 0.231 e. The van der Waals surface area contributed by atoms with E-state index in [1.807, 2.05) is 0 Å². The van der Waals surface area contributed by atoms with E-state index in [-0.39, 0.29) is 17.6 Å². The van der Waals surface area contributed by atoms with Crippen LogP contribution < -0.4 is 11.1 Å². The second kappa shape index (κ2) is 5.12. The van der Waals surface area contributed by atoms with Gasteiger partial charge in [-0.25, -0.2) is 0 Å². The number of nitrogens with one attached hydrogen (secondary N) is 1. The Hall–Kier alpha value is -1.33. The molecular weight excluding hydrogens is 270 g/mol. The first kappa shape index (κ1) is 13.1. The zero-order chi connectivity index (χ0) is 13.2. The minimum Gasteiger partial charge on any atom is -0.374 e. The summed E-state index contributed by atoms with van der Waals surface area (Å²) >= 11 is 2.52. The van der Waals surface area contributed by atoms with Crippen LogP contribution in [0.2, 0.25) is 0 Å². The minimum absolute atomic E-state index is 0.162. The maximum Gasteiger partial charge on any atom is 0.231 e. The average molecular weight is 283 g/mol. The Morgan fingerprint density at radius 3 is 2.94 bits per heavy atom. The molecule has 0 saturated heterocycles. The molecule has 1 fully saturated rings. The lowest BCUT2D eigenvalue weighted by atomic mass is 9.98. The zero-order valence-electron chi connectivity index (χ0n) is 9.84. The Morgan fingerprint density at radius 1 is 1.72 bits per heavy atom. The van der Waals surface area contributed by atoms with Crippen LogP contribution in [0.3, 0.4) is 0 Å². The van der Waals surface area contributed by atoms with E-state index >= 15 is 0 Å². The van der Waals surface area contributed by atoms with E-state index in [0.717, 1.165) is 12.8 Å². The van der Waals surface area contributed by atoms with E-state index in [2.05, 4.69) is 21.6 Å². The van der Waals surface area contributed by atoms with Crippen molar-refractivity contribution < 1.29 is 4.79 Å². The number of hydrogen-bond donors (Lipinski definition) is 2. The van der Waals surface area contributed by atoms with Gasteiger partial charge in [0.1, 0.15) is 5.54 Å². The van der Waals surface area contributed by atoms with Gasteiger partial charge in [-0.3, -0.25) is 4.79 Å². The molecule has 1 amide bonds. The van der Waals surface area contributed by atoms with Gasteiger partial charge < -0.3 is 11.1 Å². The van der Waals surface area contributed by atoms with Crippen molar-refractivity contribution in [3.8, 4) is 6.07 Å². The van der Waals surface area contributed by atoms with Crippen molar-refractivity contribution in [1.29, 1.82) is 5.26 Å². The van der Waals surface area contributed by atoms with Gasteiger partial charge in [0.25, 0.3) is 0 Å². The van der Waals surface area contributed by atoms with E-state index in [4.69, 9.17) is 11.0 Å². The van der Waals surface area contributed by atoms with Gasteiger partial charge in [0.05, 0.1) is 11.8 Å². The van der Waals surface area contributed by atoms with Gasteiger partial charge in [0, 0.05) is 0 Å². The van der Waals surface area contributed by atoms with Gasteiger partial charge >= 0.3 is 0 Å². The minimum atomic E-state index is -0.738. The number of carbonyl (C=O) groups is 1. The highest BCUT2D eigenvalue weighted by atomic mass is 32.2. The first-order valence-electron chi connectivity index (χ1n) is 5.47. The fourth-order valence-electron chi connectivity index (χ4n) is 1.61. The van der Waals surface area contributed by atoms with Crippen LogP contribution in [-0.2, 0) is 4.79 Å². The molecule has 0 radical (unpaired) electrons. The maximum absolute atomic E-state index is 11.8. The normalized spacial score (nSPS) is 17.8. The molecule has 1 aliphatic rings. The highest BCUT2D eigenvalue weighted by Gasteiger charge is 2.42. The molecule has 6 nitrogen and oxygen atoms in total. The molecular formula is C10H13N5OS2. The molecule has 1 aliphatic carbocycles. The van der Waals surface area contributed by atoms with E-state index in [1.165, 1.54) is 23.1 Å². The van der Waals surface area contributed by atoms with Crippen LogP contribution in [0.15, 0.2) is 4.34 Å². The molecule has 0 aromatic carbocycles. The van der Waals surface area contributed by atoms with Gasteiger partial charge in [-0.05, 0) is 25.7 Å². The lowest BCUT2D eigenvalue weighted by molar-refractivity contribution is -0.119. The fraction of sp³-hybridized carbons (Fsp3) is 0.600. The highest BCUT2D eigenvalue weighted by Crippen LogP contribution is 2.39. The number of nitrogen functional groups attached to an aromatic ring is 1. The number of thioether (sulfide) groups is 1. The predicted molar refractivity (Wildman–Crippen MR) is 69.9 cm³/mol. The van der Waals surface area contributed by atoms with E-state index < -0.39 is 5.54 Å². The van der Waals surface area contributed by atoms with Crippen LogP contribution in [0.5, 0.6) is 0 Å². The van der Waals surface area contributed by atoms with Gasteiger partial charge in [-0.2, -0.15) is 5.26 Å².